The van der Waals surface area contributed by atoms with E-state index in [0.29, 0.717) is 12.6 Å². The maximum atomic E-state index is 10.1. The second-order valence-corrected chi connectivity index (χ2v) is 6.90. The van der Waals surface area contributed by atoms with E-state index >= 15 is 0 Å². The molecule has 1 aliphatic carbocycles. The molecule has 1 aromatic heterocycles. The summed E-state index contributed by atoms with van der Waals surface area (Å²) in [6.07, 6.45) is 4.24. The second kappa shape index (κ2) is 8.52. The van der Waals surface area contributed by atoms with Crippen LogP contribution in [0.25, 0.3) is 0 Å². The topological polar surface area (TPSA) is 48.1 Å². The lowest BCUT2D eigenvalue weighted by atomic mass is 10.2. The van der Waals surface area contributed by atoms with Crippen LogP contribution in [-0.2, 0) is 17.8 Å². The van der Waals surface area contributed by atoms with Gasteiger partial charge >= 0.3 is 0 Å². The number of ether oxygens (including phenoxy) is 2. The first kappa shape index (κ1) is 18.0. The van der Waals surface area contributed by atoms with E-state index in [2.05, 4.69) is 35.0 Å². The predicted octanol–water partition coefficient (Wildman–Crippen LogP) is 1.10. The summed E-state index contributed by atoms with van der Waals surface area (Å²) in [6, 6.07) is 13.2. The lowest BCUT2D eigenvalue weighted by Gasteiger charge is -2.23. The Labute approximate surface area is 149 Å². The molecular formula is C20H29N2O3+. The Balaban J connectivity index is 1.67. The van der Waals surface area contributed by atoms with Crippen molar-refractivity contribution in [3.8, 4) is 5.75 Å². The Bertz CT molecular complexity index is 666. The van der Waals surface area contributed by atoms with Gasteiger partial charge in [0.2, 0.25) is 0 Å². The average molecular weight is 345 g/mol. The van der Waals surface area contributed by atoms with Crippen LogP contribution in [0.1, 0.15) is 24.1 Å². The quantitative estimate of drug-likeness (QED) is 0.678. The number of nitrogens with one attached hydrogen (secondary N) is 1. The monoisotopic (exact) mass is 345 g/mol. The largest absolute Gasteiger partial charge is 0.497 e. The van der Waals surface area contributed by atoms with Gasteiger partial charge < -0.3 is 24.0 Å². The van der Waals surface area contributed by atoms with Gasteiger partial charge in [-0.2, -0.15) is 0 Å². The van der Waals surface area contributed by atoms with Gasteiger partial charge in [-0.3, -0.25) is 0 Å². The lowest BCUT2D eigenvalue weighted by Crippen LogP contribution is -3.13. The van der Waals surface area contributed by atoms with Gasteiger partial charge in [0, 0.05) is 32.7 Å². The number of aromatic nitrogens is 1. The van der Waals surface area contributed by atoms with Crippen molar-refractivity contribution in [3.63, 3.8) is 0 Å². The molecule has 2 aromatic rings. The third-order valence-corrected chi connectivity index (χ3v) is 4.83. The van der Waals surface area contributed by atoms with E-state index < -0.39 is 6.10 Å². The second-order valence-electron chi connectivity index (χ2n) is 6.90. The number of aliphatic hydroxyl groups is 1. The average Bonchev–Trinajstić information content (AvgIpc) is 3.37. The molecule has 0 amide bonds. The van der Waals surface area contributed by atoms with Gasteiger partial charge in [0.05, 0.1) is 25.5 Å². The molecule has 25 heavy (non-hydrogen) atoms. The molecule has 1 saturated carbocycles. The minimum absolute atomic E-state index is 0.401. The van der Waals surface area contributed by atoms with E-state index in [0.717, 1.165) is 25.4 Å². The number of rotatable bonds is 10. The summed E-state index contributed by atoms with van der Waals surface area (Å²) in [5, 5.41) is 10.1. The van der Waals surface area contributed by atoms with Crippen LogP contribution in [0.15, 0.2) is 42.6 Å². The molecule has 0 spiro atoms. The van der Waals surface area contributed by atoms with Crippen LogP contribution in [0.3, 0.4) is 0 Å². The highest BCUT2D eigenvalue weighted by atomic mass is 16.5. The van der Waals surface area contributed by atoms with E-state index in [9.17, 15) is 5.11 Å². The zero-order chi connectivity index (χ0) is 17.6. The van der Waals surface area contributed by atoms with Gasteiger partial charge in [-0.05, 0) is 29.8 Å². The molecule has 136 valence electrons. The molecule has 1 aliphatic rings. The van der Waals surface area contributed by atoms with Crippen molar-refractivity contribution in [2.75, 3.05) is 27.4 Å². The summed E-state index contributed by atoms with van der Waals surface area (Å²) in [6.45, 7) is 2.91. The smallest absolute Gasteiger partial charge is 0.126 e. The fourth-order valence-corrected chi connectivity index (χ4v) is 3.39. The van der Waals surface area contributed by atoms with Crippen molar-refractivity contribution in [1.29, 1.82) is 0 Å². The van der Waals surface area contributed by atoms with Crippen molar-refractivity contribution >= 4 is 0 Å². The maximum absolute atomic E-state index is 10.1. The van der Waals surface area contributed by atoms with Crippen molar-refractivity contribution in [2.45, 2.75) is 38.1 Å². The van der Waals surface area contributed by atoms with Crippen LogP contribution < -0.4 is 9.64 Å². The molecule has 0 radical (unpaired) electrons. The van der Waals surface area contributed by atoms with E-state index in [4.69, 9.17) is 9.47 Å². The Morgan fingerprint density at radius 3 is 2.80 bits per heavy atom. The molecule has 2 atom stereocenters. The minimum Gasteiger partial charge on any atom is -0.497 e. The fraction of sp³-hybridized carbons (Fsp3) is 0.500. The molecule has 2 N–H and O–H groups in total. The molecule has 1 unspecified atom stereocenters. The van der Waals surface area contributed by atoms with Crippen LogP contribution in [0.5, 0.6) is 5.75 Å². The molecule has 1 aromatic carbocycles. The summed E-state index contributed by atoms with van der Waals surface area (Å²) in [4.78, 5) is 1.45. The number of methoxy groups -OCH3 is 2. The van der Waals surface area contributed by atoms with E-state index in [1.165, 1.54) is 29.0 Å². The van der Waals surface area contributed by atoms with Crippen molar-refractivity contribution in [1.82, 2.24) is 4.57 Å². The van der Waals surface area contributed by atoms with Crippen LogP contribution in [0.2, 0.25) is 0 Å². The zero-order valence-electron chi connectivity index (χ0n) is 15.1. The minimum atomic E-state index is -0.401. The van der Waals surface area contributed by atoms with Crippen LogP contribution in [0.4, 0.5) is 0 Å². The van der Waals surface area contributed by atoms with Gasteiger partial charge in [-0.1, -0.05) is 12.1 Å². The van der Waals surface area contributed by atoms with Gasteiger partial charge in [0.15, 0.2) is 0 Å². The number of hydrogen-bond donors (Lipinski definition) is 2. The number of nitrogens with zero attached hydrogens (tertiary/aromatic N) is 1. The standard InChI is InChI=1S/C20H28N2O3/c1-24-15-19(23)14-22(17-8-9-17)13-18-6-4-10-21(18)12-16-5-3-7-20(11-16)25-2/h3-7,10-11,17,19,23H,8-9,12-15H2,1-2H3/p+1/t19-/m1/s1. The number of aliphatic hydroxyl groups excluding tert-OH is 1. The first-order valence-corrected chi connectivity index (χ1v) is 8.98. The Morgan fingerprint density at radius 2 is 2.08 bits per heavy atom. The summed E-state index contributed by atoms with van der Waals surface area (Å²) in [7, 11) is 3.34. The Morgan fingerprint density at radius 1 is 1.24 bits per heavy atom. The highest BCUT2D eigenvalue weighted by molar-refractivity contribution is 5.29. The molecule has 0 saturated heterocycles. The first-order chi connectivity index (χ1) is 12.2. The van der Waals surface area contributed by atoms with Gasteiger partial charge in [0.25, 0.3) is 0 Å². The molecule has 5 nitrogen and oxygen atoms in total. The number of benzene rings is 1. The third-order valence-electron chi connectivity index (χ3n) is 4.83. The third kappa shape index (κ3) is 5.08. The molecule has 5 heteroatoms. The summed E-state index contributed by atoms with van der Waals surface area (Å²) in [5.74, 6) is 0.888. The lowest BCUT2D eigenvalue weighted by molar-refractivity contribution is -0.928. The molecule has 3 rings (SSSR count). The fourth-order valence-electron chi connectivity index (χ4n) is 3.39. The van der Waals surface area contributed by atoms with Gasteiger partial charge in [-0.25, -0.2) is 0 Å². The van der Waals surface area contributed by atoms with E-state index in [1.54, 1.807) is 14.2 Å². The van der Waals surface area contributed by atoms with Crippen LogP contribution in [-0.4, -0.2) is 49.2 Å². The number of quaternary nitrogens is 1. The Hall–Kier alpha value is -1.82. The molecule has 0 aliphatic heterocycles. The molecule has 0 bridgehead atoms. The van der Waals surface area contributed by atoms with Crippen molar-refractivity contribution in [3.05, 3.63) is 53.9 Å². The molecular weight excluding hydrogens is 316 g/mol. The molecule has 1 heterocycles. The van der Waals surface area contributed by atoms with Crippen LogP contribution in [0, 0.1) is 0 Å². The zero-order valence-corrected chi connectivity index (χ0v) is 15.1. The summed E-state index contributed by atoms with van der Waals surface area (Å²) in [5.41, 5.74) is 2.53. The van der Waals surface area contributed by atoms with E-state index in [1.807, 2.05) is 12.1 Å². The number of hydrogen-bond acceptors (Lipinski definition) is 3. The first-order valence-electron chi connectivity index (χ1n) is 8.98. The SMILES string of the molecule is COC[C@H](O)C[NH+](Cc1cccn1Cc1cccc(OC)c1)C1CC1. The van der Waals surface area contributed by atoms with Crippen LogP contribution >= 0.6 is 0 Å². The van der Waals surface area contributed by atoms with Crippen molar-refractivity contribution in [2.24, 2.45) is 0 Å². The summed E-state index contributed by atoms with van der Waals surface area (Å²) >= 11 is 0. The summed E-state index contributed by atoms with van der Waals surface area (Å²) < 4.78 is 12.7. The van der Waals surface area contributed by atoms with Crippen molar-refractivity contribution < 1.29 is 19.5 Å². The maximum Gasteiger partial charge on any atom is 0.126 e. The highest BCUT2D eigenvalue weighted by Gasteiger charge is 2.34. The van der Waals surface area contributed by atoms with E-state index in [-0.39, 0.29) is 0 Å². The predicted molar refractivity (Wildman–Crippen MR) is 97.0 cm³/mol. The highest BCUT2D eigenvalue weighted by Crippen LogP contribution is 2.17. The Kier molecular flexibility index (Phi) is 6.13. The normalized spacial score (nSPS) is 16.6. The van der Waals surface area contributed by atoms with Gasteiger partial charge in [0.1, 0.15) is 24.9 Å². The van der Waals surface area contributed by atoms with Gasteiger partial charge in [-0.15, -0.1) is 0 Å². The molecule has 1 fully saturated rings.